The van der Waals surface area contributed by atoms with Crippen molar-refractivity contribution >= 4 is 29.3 Å². The number of thioether (sulfide) groups is 1. The number of halogens is 1. The molecule has 0 radical (unpaired) electrons. The van der Waals surface area contributed by atoms with Crippen LogP contribution in [0.15, 0.2) is 47.1 Å². The van der Waals surface area contributed by atoms with Crippen molar-refractivity contribution in [3.05, 3.63) is 59.5 Å². The Morgan fingerprint density at radius 1 is 1.25 bits per heavy atom. The quantitative estimate of drug-likeness (QED) is 0.795. The summed E-state index contributed by atoms with van der Waals surface area (Å²) >= 11 is 7.38. The van der Waals surface area contributed by atoms with Crippen LogP contribution in [0.4, 0.5) is 0 Å². The first kappa shape index (κ1) is 15.0. The van der Waals surface area contributed by atoms with E-state index < -0.39 is 0 Å². The Morgan fingerprint density at radius 2 is 2.10 bits per heavy atom. The standard InChI is InChI=1S/C15H16ClNO2S/c16-8-12-3-1-4-13(7-12)10-20-11-15(18)17-9-14-5-2-6-19-14/h1-7H,8-11H2,(H,17,18). The SMILES string of the molecule is O=C(CSCc1cccc(CCl)c1)NCc1ccco1. The molecule has 0 aliphatic carbocycles. The second-order valence-electron chi connectivity index (χ2n) is 4.30. The molecule has 0 aliphatic rings. The van der Waals surface area contributed by atoms with E-state index >= 15 is 0 Å². The fourth-order valence-corrected chi connectivity index (χ4v) is 2.69. The zero-order valence-corrected chi connectivity index (χ0v) is 12.5. The first-order valence-corrected chi connectivity index (χ1v) is 7.97. The molecule has 0 saturated heterocycles. The van der Waals surface area contributed by atoms with Gasteiger partial charge in [-0.3, -0.25) is 4.79 Å². The predicted octanol–water partition coefficient (Wildman–Crippen LogP) is 3.57. The van der Waals surface area contributed by atoms with Crippen molar-refractivity contribution in [2.75, 3.05) is 5.75 Å². The van der Waals surface area contributed by atoms with E-state index in [9.17, 15) is 4.79 Å². The van der Waals surface area contributed by atoms with Gasteiger partial charge in [-0.25, -0.2) is 0 Å². The number of hydrogen-bond donors (Lipinski definition) is 1. The first-order chi connectivity index (χ1) is 9.78. The van der Waals surface area contributed by atoms with Crippen molar-refractivity contribution in [3.8, 4) is 0 Å². The zero-order valence-electron chi connectivity index (χ0n) is 11.0. The monoisotopic (exact) mass is 309 g/mol. The Kier molecular flexibility index (Phi) is 6.02. The molecule has 0 unspecified atom stereocenters. The summed E-state index contributed by atoms with van der Waals surface area (Å²) in [6.07, 6.45) is 1.60. The van der Waals surface area contributed by atoms with Crippen molar-refractivity contribution in [3.63, 3.8) is 0 Å². The summed E-state index contributed by atoms with van der Waals surface area (Å²) in [5, 5.41) is 2.82. The van der Waals surface area contributed by atoms with Gasteiger partial charge in [0.2, 0.25) is 5.91 Å². The Morgan fingerprint density at radius 3 is 2.85 bits per heavy atom. The average Bonchev–Trinajstić information content (AvgIpc) is 2.99. The largest absolute Gasteiger partial charge is 0.467 e. The summed E-state index contributed by atoms with van der Waals surface area (Å²) in [4.78, 5) is 11.7. The molecular weight excluding hydrogens is 294 g/mol. The third kappa shape index (κ3) is 4.94. The van der Waals surface area contributed by atoms with Crippen LogP contribution in [0.25, 0.3) is 0 Å². The maximum absolute atomic E-state index is 11.7. The summed E-state index contributed by atoms with van der Waals surface area (Å²) in [6, 6.07) is 11.7. The van der Waals surface area contributed by atoms with E-state index in [0.717, 1.165) is 17.1 Å². The average molecular weight is 310 g/mol. The summed E-state index contributed by atoms with van der Waals surface area (Å²) in [6.45, 7) is 0.439. The lowest BCUT2D eigenvalue weighted by Gasteiger charge is -2.05. The van der Waals surface area contributed by atoms with Crippen molar-refractivity contribution < 1.29 is 9.21 Å². The molecule has 106 valence electrons. The molecule has 1 amide bonds. The molecule has 0 spiro atoms. The molecular formula is C15H16ClNO2S. The molecule has 0 saturated carbocycles. The summed E-state index contributed by atoms with van der Waals surface area (Å²) < 4.78 is 5.15. The summed E-state index contributed by atoms with van der Waals surface area (Å²) in [7, 11) is 0. The minimum absolute atomic E-state index is 0.0138. The zero-order chi connectivity index (χ0) is 14.2. The van der Waals surface area contributed by atoms with Crippen LogP contribution in [-0.2, 0) is 23.0 Å². The molecule has 1 aromatic carbocycles. The van der Waals surface area contributed by atoms with Gasteiger partial charge in [0, 0.05) is 11.6 Å². The van der Waals surface area contributed by atoms with Gasteiger partial charge in [-0.1, -0.05) is 24.3 Å². The lowest BCUT2D eigenvalue weighted by atomic mass is 10.2. The molecule has 2 rings (SSSR count). The van der Waals surface area contributed by atoms with E-state index in [4.69, 9.17) is 16.0 Å². The number of benzene rings is 1. The highest BCUT2D eigenvalue weighted by atomic mass is 35.5. The number of carbonyl (C=O) groups is 1. The Bertz CT molecular complexity index is 543. The molecule has 5 heteroatoms. The summed E-state index contributed by atoms with van der Waals surface area (Å²) in [5.41, 5.74) is 2.29. The maximum Gasteiger partial charge on any atom is 0.230 e. The second kappa shape index (κ2) is 8.02. The first-order valence-electron chi connectivity index (χ1n) is 6.28. The van der Waals surface area contributed by atoms with Crippen LogP contribution < -0.4 is 5.32 Å². The topological polar surface area (TPSA) is 42.2 Å². The Hall–Kier alpha value is -1.39. The molecule has 2 aromatic rings. The lowest BCUT2D eigenvalue weighted by molar-refractivity contribution is -0.118. The molecule has 1 N–H and O–H groups in total. The molecule has 0 bridgehead atoms. The third-order valence-corrected chi connectivity index (χ3v) is 4.00. The molecule has 0 aliphatic heterocycles. The van der Waals surface area contributed by atoms with Crippen LogP contribution in [0.2, 0.25) is 0 Å². The molecule has 1 aromatic heterocycles. The van der Waals surface area contributed by atoms with E-state index in [-0.39, 0.29) is 5.91 Å². The van der Waals surface area contributed by atoms with E-state index in [1.807, 2.05) is 24.3 Å². The molecule has 1 heterocycles. The number of rotatable bonds is 7. The highest BCUT2D eigenvalue weighted by Crippen LogP contribution is 2.14. The van der Waals surface area contributed by atoms with Gasteiger partial charge in [0.25, 0.3) is 0 Å². The van der Waals surface area contributed by atoms with Crippen LogP contribution in [0, 0.1) is 0 Å². The van der Waals surface area contributed by atoms with E-state index in [1.54, 1.807) is 24.1 Å². The lowest BCUT2D eigenvalue weighted by Crippen LogP contribution is -2.24. The van der Waals surface area contributed by atoms with Gasteiger partial charge < -0.3 is 9.73 Å². The fourth-order valence-electron chi connectivity index (χ4n) is 1.71. The third-order valence-electron chi connectivity index (χ3n) is 2.69. The normalized spacial score (nSPS) is 10.4. The minimum Gasteiger partial charge on any atom is -0.467 e. The van der Waals surface area contributed by atoms with Crippen LogP contribution in [-0.4, -0.2) is 11.7 Å². The summed E-state index contributed by atoms with van der Waals surface area (Å²) in [5.74, 6) is 2.53. The van der Waals surface area contributed by atoms with Gasteiger partial charge in [-0.15, -0.1) is 23.4 Å². The Labute approximate surface area is 127 Å². The smallest absolute Gasteiger partial charge is 0.230 e. The number of furan rings is 1. The van der Waals surface area contributed by atoms with E-state index in [1.165, 1.54) is 5.56 Å². The number of carbonyl (C=O) groups excluding carboxylic acids is 1. The minimum atomic E-state index is 0.0138. The van der Waals surface area contributed by atoms with Crippen LogP contribution in [0.1, 0.15) is 16.9 Å². The van der Waals surface area contributed by atoms with Crippen molar-refractivity contribution in [2.45, 2.75) is 18.2 Å². The van der Waals surface area contributed by atoms with Gasteiger partial charge in [0.15, 0.2) is 0 Å². The molecule has 3 nitrogen and oxygen atoms in total. The highest BCUT2D eigenvalue weighted by Gasteiger charge is 2.03. The van der Waals surface area contributed by atoms with Crippen molar-refractivity contribution in [1.29, 1.82) is 0 Å². The van der Waals surface area contributed by atoms with Crippen molar-refractivity contribution in [2.24, 2.45) is 0 Å². The molecule has 0 atom stereocenters. The van der Waals surface area contributed by atoms with Gasteiger partial charge in [0.1, 0.15) is 5.76 Å². The predicted molar refractivity (Wildman–Crippen MR) is 82.7 cm³/mol. The Balaban J connectivity index is 1.68. The van der Waals surface area contributed by atoms with Crippen LogP contribution in [0.5, 0.6) is 0 Å². The number of amides is 1. The van der Waals surface area contributed by atoms with Gasteiger partial charge in [-0.2, -0.15) is 0 Å². The van der Waals surface area contributed by atoms with Gasteiger partial charge in [-0.05, 0) is 23.3 Å². The maximum atomic E-state index is 11.7. The van der Waals surface area contributed by atoms with E-state index in [2.05, 4.69) is 11.4 Å². The van der Waals surface area contributed by atoms with Gasteiger partial charge in [0.05, 0.1) is 18.6 Å². The van der Waals surface area contributed by atoms with Crippen molar-refractivity contribution in [1.82, 2.24) is 5.32 Å². The molecule has 20 heavy (non-hydrogen) atoms. The number of nitrogens with one attached hydrogen (secondary N) is 1. The van der Waals surface area contributed by atoms with Crippen LogP contribution in [0.3, 0.4) is 0 Å². The number of hydrogen-bond acceptors (Lipinski definition) is 3. The van der Waals surface area contributed by atoms with Crippen LogP contribution >= 0.6 is 23.4 Å². The van der Waals surface area contributed by atoms with Gasteiger partial charge >= 0.3 is 0 Å². The number of alkyl halides is 1. The fraction of sp³-hybridized carbons (Fsp3) is 0.267. The van der Waals surface area contributed by atoms with E-state index in [0.29, 0.717) is 18.2 Å². The highest BCUT2D eigenvalue weighted by molar-refractivity contribution is 7.99. The second-order valence-corrected chi connectivity index (χ2v) is 5.56. The molecule has 0 fully saturated rings.